The molecule has 0 spiro atoms. The molecule has 0 aliphatic carbocycles. The number of halogens is 3. The van der Waals surface area contributed by atoms with Gasteiger partial charge in [-0.3, -0.25) is 14.0 Å². The van der Waals surface area contributed by atoms with Crippen LogP contribution in [0.15, 0.2) is 0 Å². The standard InChI is InChI=1S/Al.3ClHO.Zr/c;3*1-2;/h;3*2H;. The van der Waals surface area contributed by atoms with Crippen LogP contribution in [0, 0.1) is 0 Å². The Morgan fingerprint density at radius 3 is 0.625 bits per heavy atom. The minimum Gasteiger partial charge on any atom is -0.295 e. The third kappa shape index (κ3) is 89.4. The van der Waals surface area contributed by atoms with Crippen LogP contribution in [-0.4, -0.2) is 31.3 Å². The summed E-state index contributed by atoms with van der Waals surface area (Å²) in [6.07, 6.45) is 0. The average Bonchev–Trinajstić information content (AvgIpc) is 1.81. The minimum atomic E-state index is 0. The van der Waals surface area contributed by atoms with Gasteiger partial charge in [0.1, 0.15) is 0 Å². The molecule has 0 aromatic rings. The molecule has 0 aliphatic rings. The molecule has 0 aromatic heterocycles. The molecule has 8 heavy (non-hydrogen) atoms. The van der Waals surface area contributed by atoms with E-state index >= 15 is 0 Å². The molecule has 8 heteroatoms. The van der Waals surface area contributed by atoms with Crippen molar-refractivity contribution in [3.05, 3.63) is 0 Å². The molecule has 0 saturated heterocycles. The summed E-state index contributed by atoms with van der Waals surface area (Å²) in [5, 5.41) is 0. The Morgan fingerprint density at radius 1 is 0.625 bits per heavy atom. The molecule has 3 nitrogen and oxygen atoms in total. The predicted octanol–water partition coefficient (Wildman–Crippen LogP) is 0.0142. The van der Waals surface area contributed by atoms with Crippen LogP contribution in [0.25, 0.3) is 0 Å². The first-order chi connectivity index (χ1) is 3.00. The quantitative estimate of drug-likeness (QED) is 0.546. The van der Waals surface area contributed by atoms with Gasteiger partial charge in [-0.1, -0.05) is 0 Å². The molecular formula is H3AlCl3O3Zr. The molecule has 0 saturated carbocycles. The van der Waals surface area contributed by atoms with Crippen molar-refractivity contribution in [2.24, 2.45) is 0 Å². The molecule has 0 rings (SSSR count). The van der Waals surface area contributed by atoms with Gasteiger partial charge < -0.3 is 0 Å². The minimum absolute atomic E-state index is 0. The van der Waals surface area contributed by atoms with E-state index in [1.807, 2.05) is 0 Å². The third-order valence-corrected chi connectivity index (χ3v) is 0. The molecule has 0 amide bonds. The second kappa shape index (κ2) is 130. The van der Waals surface area contributed by atoms with Gasteiger partial charge in [-0.05, 0) is 0 Å². The Labute approximate surface area is 92.3 Å². The van der Waals surface area contributed by atoms with Crippen molar-refractivity contribution in [1.29, 1.82) is 0 Å². The van der Waals surface area contributed by atoms with Gasteiger partial charge in [-0.15, -0.1) is 0 Å². The maximum Gasteiger partial charge on any atom is 0.0579 e. The van der Waals surface area contributed by atoms with Gasteiger partial charge in [-0.25, -0.2) is 0 Å². The average molecular weight is 276 g/mol. The van der Waals surface area contributed by atoms with Gasteiger partial charge in [-0.2, -0.15) is 0 Å². The normalized spacial score (nSPS) is 2.25. The summed E-state index contributed by atoms with van der Waals surface area (Å²) < 4.78 is 19.4. The van der Waals surface area contributed by atoms with E-state index in [4.69, 9.17) is 14.0 Å². The van der Waals surface area contributed by atoms with Crippen molar-refractivity contribution in [1.82, 2.24) is 0 Å². The number of rotatable bonds is 0. The Balaban J connectivity index is -0.00000000500. The zero-order valence-electron chi connectivity index (χ0n) is 3.55. The smallest absolute Gasteiger partial charge is 0.0579 e. The van der Waals surface area contributed by atoms with Crippen molar-refractivity contribution in [2.45, 2.75) is 0 Å². The second-order valence-corrected chi connectivity index (χ2v) is 0. The number of hydrogen-bond acceptors (Lipinski definition) is 3. The summed E-state index contributed by atoms with van der Waals surface area (Å²) in [5.41, 5.74) is 0. The zero-order chi connectivity index (χ0) is 6.00. The molecule has 0 atom stereocenters. The van der Waals surface area contributed by atoms with Crippen LogP contribution in [0.4, 0.5) is 0 Å². The fraction of sp³-hybridized carbons (Fsp3) is 0. The van der Waals surface area contributed by atoms with Gasteiger partial charge in [0.25, 0.3) is 0 Å². The first-order valence-corrected chi connectivity index (χ1v) is 1.52. The molecule has 0 heterocycles. The zero-order valence-corrected chi connectivity index (χ0v) is 9.43. The van der Waals surface area contributed by atoms with Crippen LogP contribution < -0.4 is 0 Å². The van der Waals surface area contributed by atoms with Crippen molar-refractivity contribution >= 4 is 53.0 Å². The Morgan fingerprint density at radius 2 is 0.625 bits per heavy atom. The van der Waals surface area contributed by atoms with Crippen LogP contribution in [0.3, 0.4) is 0 Å². The molecule has 49 valence electrons. The Bertz CT molecular complexity index is 14.5. The van der Waals surface area contributed by atoms with Crippen molar-refractivity contribution in [3.8, 4) is 0 Å². The van der Waals surface area contributed by atoms with E-state index in [1.165, 1.54) is 0 Å². The maximum atomic E-state index is 6.47. The fourth-order valence-corrected chi connectivity index (χ4v) is 0. The van der Waals surface area contributed by atoms with E-state index in [2.05, 4.69) is 35.6 Å². The molecule has 0 aliphatic heterocycles. The van der Waals surface area contributed by atoms with Crippen LogP contribution in [0.1, 0.15) is 0 Å². The summed E-state index contributed by atoms with van der Waals surface area (Å²) in [6.45, 7) is 0. The Kier molecular flexibility index (Phi) is 521. The van der Waals surface area contributed by atoms with Crippen LogP contribution >= 0.6 is 35.6 Å². The van der Waals surface area contributed by atoms with Crippen LogP contribution in [-0.2, 0) is 26.2 Å². The maximum absolute atomic E-state index is 6.47. The molecular weight excluding hydrogens is 273 g/mol. The van der Waals surface area contributed by atoms with Crippen molar-refractivity contribution in [2.75, 3.05) is 0 Å². The molecule has 0 bridgehead atoms. The van der Waals surface area contributed by atoms with E-state index in [-0.39, 0.29) is 43.6 Å². The van der Waals surface area contributed by atoms with Gasteiger partial charge in [0, 0.05) is 43.6 Å². The fourth-order valence-electron chi connectivity index (χ4n) is 0. The summed E-state index contributed by atoms with van der Waals surface area (Å²) in [6, 6.07) is 0. The number of hydrogen-bond donors (Lipinski definition) is 3. The predicted molar refractivity (Wildman–Crippen MR) is 30.0 cm³/mol. The van der Waals surface area contributed by atoms with E-state index in [9.17, 15) is 0 Å². The van der Waals surface area contributed by atoms with Gasteiger partial charge in [0.15, 0.2) is 0 Å². The third-order valence-electron chi connectivity index (χ3n) is 0. The molecule has 0 fully saturated rings. The topological polar surface area (TPSA) is 60.7 Å². The molecule has 0 unspecified atom stereocenters. The van der Waals surface area contributed by atoms with E-state index in [0.717, 1.165) is 0 Å². The van der Waals surface area contributed by atoms with E-state index < -0.39 is 0 Å². The van der Waals surface area contributed by atoms with Gasteiger partial charge in [0.05, 0.1) is 35.6 Å². The summed E-state index contributed by atoms with van der Waals surface area (Å²) in [5.74, 6) is 0. The van der Waals surface area contributed by atoms with Crippen LogP contribution in [0.2, 0.25) is 0 Å². The molecule has 3 radical (unpaired) electrons. The Hall–Kier alpha value is 2.17. The molecule has 0 aromatic carbocycles. The SMILES string of the molecule is OCl.OCl.OCl.[Al].[Zr]. The largest absolute Gasteiger partial charge is 0.295 e. The molecule has 3 N–H and O–H groups in total. The first kappa shape index (κ1) is 32.0. The van der Waals surface area contributed by atoms with E-state index in [1.54, 1.807) is 0 Å². The summed E-state index contributed by atoms with van der Waals surface area (Å²) in [4.78, 5) is 0. The summed E-state index contributed by atoms with van der Waals surface area (Å²) >= 11 is 10.9. The van der Waals surface area contributed by atoms with Gasteiger partial charge >= 0.3 is 0 Å². The van der Waals surface area contributed by atoms with E-state index in [0.29, 0.717) is 0 Å². The second-order valence-electron chi connectivity index (χ2n) is 0. The van der Waals surface area contributed by atoms with Gasteiger partial charge in [0.2, 0.25) is 0 Å². The van der Waals surface area contributed by atoms with Crippen molar-refractivity contribution in [3.63, 3.8) is 0 Å². The first-order valence-electron chi connectivity index (χ1n) is 0.507. The summed E-state index contributed by atoms with van der Waals surface area (Å²) in [7, 11) is 0. The van der Waals surface area contributed by atoms with Crippen molar-refractivity contribution < 1.29 is 40.2 Å². The van der Waals surface area contributed by atoms with Crippen LogP contribution in [0.5, 0.6) is 0 Å². The monoisotopic (exact) mass is 273 g/mol.